The van der Waals surface area contributed by atoms with Gasteiger partial charge < -0.3 is 15.4 Å². The predicted molar refractivity (Wildman–Crippen MR) is 53.1 cm³/mol. The third-order valence-electron chi connectivity index (χ3n) is 2.18. The molecule has 1 aromatic rings. The molecule has 6 nitrogen and oxygen atoms in total. The number of ether oxygens (including phenoxy) is 1. The van der Waals surface area contributed by atoms with E-state index in [-0.39, 0.29) is 6.09 Å². The Kier molecular flexibility index (Phi) is 2.66. The molecule has 0 atom stereocenters. The summed E-state index contributed by atoms with van der Waals surface area (Å²) >= 11 is 0. The van der Waals surface area contributed by atoms with Gasteiger partial charge in [0.05, 0.1) is 24.6 Å². The zero-order valence-electron chi connectivity index (χ0n) is 8.22. The van der Waals surface area contributed by atoms with E-state index in [1.807, 2.05) is 0 Å². The average molecular weight is 208 g/mol. The van der Waals surface area contributed by atoms with Gasteiger partial charge in [-0.3, -0.25) is 0 Å². The number of hydrogen-bond donors (Lipinski definition) is 1. The van der Waals surface area contributed by atoms with Gasteiger partial charge in [-0.25, -0.2) is 14.8 Å². The number of nitrogen functional groups attached to an aromatic ring is 1. The average Bonchev–Trinajstić information content (AvgIpc) is 2.63. The highest BCUT2D eigenvalue weighted by atomic mass is 16.6. The van der Waals surface area contributed by atoms with Crippen LogP contribution in [0.3, 0.4) is 0 Å². The summed E-state index contributed by atoms with van der Waals surface area (Å²) in [5.74, 6) is 0.684. The molecule has 0 spiro atoms. The van der Waals surface area contributed by atoms with Crippen LogP contribution in [0.4, 0.5) is 10.5 Å². The Morgan fingerprint density at radius 2 is 2.20 bits per heavy atom. The van der Waals surface area contributed by atoms with Gasteiger partial charge in [0, 0.05) is 13.0 Å². The second-order valence-corrected chi connectivity index (χ2v) is 3.28. The maximum absolute atomic E-state index is 11.1. The highest BCUT2D eigenvalue weighted by Crippen LogP contribution is 2.04. The fourth-order valence-electron chi connectivity index (χ4n) is 1.36. The largest absolute Gasteiger partial charge is 0.448 e. The molecule has 0 aliphatic carbocycles. The molecule has 1 aliphatic rings. The predicted octanol–water partition coefficient (Wildman–Crippen LogP) is 0.0535. The summed E-state index contributed by atoms with van der Waals surface area (Å²) in [4.78, 5) is 20.8. The van der Waals surface area contributed by atoms with Crippen LogP contribution >= 0.6 is 0 Å². The second kappa shape index (κ2) is 4.12. The number of nitrogens with zero attached hydrogens (tertiary/aromatic N) is 3. The number of carbonyl (C=O) groups is 1. The van der Waals surface area contributed by atoms with Gasteiger partial charge in [-0.05, 0) is 0 Å². The van der Waals surface area contributed by atoms with E-state index in [0.717, 1.165) is 0 Å². The highest BCUT2D eigenvalue weighted by Gasteiger charge is 2.21. The zero-order chi connectivity index (χ0) is 10.7. The summed E-state index contributed by atoms with van der Waals surface area (Å²) in [5.41, 5.74) is 6.00. The van der Waals surface area contributed by atoms with E-state index in [1.54, 1.807) is 17.3 Å². The van der Waals surface area contributed by atoms with Crippen molar-refractivity contribution in [3.05, 3.63) is 18.2 Å². The van der Waals surface area contributed by atoms with E-state index >= 15 is 0 Å². The maximum Gasteiger partial charge on any atom is 0.409 e. The van der Waals surface area contributed by atoms with Crippen LogP contribution in [-0.4, -0.2) is 40.7 Å². The maximum atomic E-state index is 11.1. The van der Waals surface area contributed by atoms with Crippen molar-refractivity contribution in [2.45, 2.75) is 6.42 Å². The molecule has 0 aromatic carbocycles. The Morgan fingerprint density at radius 1 is 1.47 bits per heavy atom. The SMILES string of the molecule is Nc1cnc(CCN2CCOC2=O)nc1. The van der Waals surface area contributed by atoms with Crippen molar-refractivity contribution < 1.29 is 9.53 Å². The number of hydrogen-bond acceptors (Lipinski definition) is 5. The molecule has 1 aromatic heterocycles. The van der Waals surface area contributed by atoms with Crippen LogP contribution < -0.4 is 5.73 Å². The van der Waals surface area contributed by atoms with Gasteiger partial charge in [0.15, 0.2) is 0 Å². The second-order valence-electron chi connectivity index (χ2n) is 3.28. The summed E-state index contributed by atoms with van der Waals surface area (Å²) in [6.45, 7) is 1.71. The summed E-state index contributed by atoms with van der Waals surface area (Å²) < 4.78 is 4.80. The molecular formula is C9H12N4O2. The lowest BCUT2D eigenvalue weighted by Gasteiger charge is -2.10. The van der Waals surface area contributed by atoms with Crippen LogP contribution in [0.5, 0.6) is 0 Å². The van der Waals surface area contributed by atoms with Crippen molar-refractivity contribution in [1.29, 1.82) is 0 Å². The first kappa shape index (κ1) is 9.70. The molecule has 6 heteroatoms. The summed E-state index contributed by atoms with van der Waals surface area (Å²) in [6, 6.07) is 0. The number of carbonyl (C=O) groups excluding carboxylic acids is 1. The first-order chi connectivity index (χ1) is 7.25. The van der Waals surface area contributed by atoms with Crippen molar-refractivity contribution in [2.24, 2.45) is 0 Å². The van der Waals surface area contributed by atoms with E-state index in [4.69, 9.17) is 10.5 Å². The third kappa shape index (κ3) is 2.34. The topological polar surface area (TPSA) is 81.3 Å². The minimum atomic E-state index is -0.259. The molecule has 80 valence electrons. The summed E-state index contributed by atoms with van der Waals surface area (Å²) in [5, 5.41) is 0. The summed E-state index contributed by atoms with van der Waals surface area (Å²) in [7, 11) is 0. The van der Waals surface area contributed by atoms with Crippen LogP contribution in [0.15, 0.2) is 12.4 Å². The normalized spacial score (nSPS) is 15.5. The van der Waals surface area contributed by atoms with E-state index in [0.29, 0.717) is 37.6 Å². The van der Waals surface area contributed by atoms with Gasteiger partial charge in [-0.1, -0.05) is 0 Å². The molecule has 1 fully saturated rings. The van der Waals surface area contributed by atoms with Crippen molar-refractivity contribution in [3.63, 3.8) is 0 Å². The molecule has 2 N–H and O–H groups in total. The molecule has 0 bridgehead atoms. The lowest BCUT2D eigenvalue weighted by atomic mass is 10.3. The molecule has 1 aliphatic heterocycles. The smallest absolute Gasteiger partial charge is 0.409 e. The quantitative estimate of drug-likeness (QED) is 0.759. The van der Waals surface area contributed by atoms with Crippen molar-refractivity contribution >= 4 is 11.8 Å². The molecule has 0 saturated carbocycles. The number of anilines is 1. The number of aromatic nitrogens is 2. The van der Waals surface area contributed by atoms with Gasteiger partial charge in [-0.2, -0.15) is 0 Å². The minimum absolute atomic E-state index is 0.259. The lowest BCUT2D eigenvalue weighted by molar-refractivity contribution is 0.158. The van der Waals surface area contributed by atoms with Gasteiger partial charge in [0.25, 0.3) is 0 Å². The van der Waals surface area contributed by atoms with Gasteiger partial charge in [0.1, 0.15) is 12.4 Å². The van der Waals surface area contributed by atoms with Crippen LogP contribution in [0.1, 0.15) is 5.82 Å². The Bertz CT molecular complexity index is 352. The molecule has 1 amide bonds. The van der Waals surface area contributed by atoms with Crippen molar-refractivity contribution in [2.75, 3.05) is 25.4 Å². The number of amides is 1. The fourth-order valence-corrected chi connectivity index (χ4v) is 1.36. The Hall–Kier alpha value is -1.85. The Labute approximate surface area is 87.1 Å². The Morgan fingerprint density at radius 3 is 2.80 bits per heavy atom. The Balaban J connectivity index is 1.87. The molecule has 1 saturated heterocycles. The van der Waals surface area contributed by atoms with Crippen molar-refractivity contribution in [1.82, 2.24) is 14.9 Å². The van der Waals surface area contributed by atoms with Crippen molar-refractivity contribution in [3.8, 4) is 0 Å². The van der Waals surface area contributed by atoms with Gasteiger partial charge >= 0.3 is 6.09 Å². The van der Waals surface area contributed by atoms with E-state index in [1.165, 1.54) is 0 Å². The monoisotopic (exact) mass is 208 g/mol. The third-order valence-corrected chi connectivity index (χ3v) is 2.18. The van der Waals surface area contributed by atoms with E-state index in [2.05, 4.69) is 9.97 Å². The fraction of sp³-hybridized carbons (Fsp3) is 0.444. The van der Waals surface area contributed by atoms with E-state index in [9.17, 15) is 4.79 Å². The molecule has 2 heterocycles. The number of cyclic esters (lactones) is 1. The summed E-state index contributed by atoms with van der Waals surface area (Å²) in [6.07, 6.45) is 3.48. The molecular weight excluding hydrogens is 196 g/mol. The number of nitrogens with two attached hydrogens (primary N) is 1. The minimum Gasteiger partial charge on any atom is -0.448 e. The molecule has 0 radical (unpaired) electrons. The van der Waals surface area contributed by atoms with Crippen LogP contribution in [0.2, 0.25) is 0 Å². The molecule has 15 heavy (non-hydrogen) atoms. The van der Waals surface area contributed by atoms with Crippen LogP contribution in [0, 0.1) is 0 Å². The van der Waals surface area contributed by atoms with Crippen LogP contribution in [0.25, 0.3) is 0 Å². The molecule has 0 unspecified atom stereocenters. The van der Waals surface area contributed by atoms with E-state index < -0.39 is 0 Å². The van der Waals surface area contributed by atoms with Gasteiger partial charge in [-0.15, -0.1) is 0 Å². The highest BCUT2D eigenvalue weighted by molar-refractivity contribution is 5.69. The number of rotatable bonds is 3. The first-order valence-corrected chi connectivity index (χ1v) is 4.74. The van der Waals surface area contributed by atoms with Crippen LogP contribution in [-0.2, 0) is 11.2 Å². The standard InChI is InChI=1S/C9H12N4O2/c10-7-5-11-8(12-6-7)1-2-13-3-4-15-9(13)14/h5-6H,1-4,10H2. The van der Waals surface area contributed by atoms with Gasteiger partial charge in [0.2, 0.25) is 0 Å². The zero-order valence-corrected chi connectivity index (χ0v) is 8.22. The molecule has 2 rings (SSSR count). The lowest BCUT2D eigenvalue weighted by Crippen LogP contribution is -2.27. The first-order valence-electron chi connectivity index (χ1n) is 4.74.